The van der Waals surface area contributed by atoms with Crippen LogP contribution in [0.2, 0.25) is 0 Å². The van der Waals surface area contributed by atoms with Crippen molar-refractivity contribution in [2.75, 3.05) is 13.2 Å². The van der Waals surface area contributed by atoms with Crippen molar-refractivity contribution in [3.8, 4) is 0 Å². The number of nitrogens with zero attached hydrogens (tertiary/aromatic N) is 1. The molecule has 2 aromatic carbocycles. The van der Waals surface area contributed by atoms with Crippen molar-refractivity contribution in [1.82, 2.24) is 4.90 Å². The second-order valence-electron chi connectivity index (χ2n) is 7.94. The molecular formula is C25H27NO4. The zero-order chi connectivity index (χ0) is 21.3. The van der Waals surface area contributed by atoms with Gasteiger partial charge >= 0.3 is 0 Å². The van der Waals surface area contributed by atoms with Crippen molar-refractivity contribution in [2.24, 2.45) is 0 Å². The standard InChI is InChI=1S/C25H27NO4/c1-4-17-10-12-18(13-11-17)22-21-23(27)19-8-5-6-9-20(19)30-24(21)25(28)26(22)14-7-15-29-16(2)3/h5-6,8-13,16,22H,4,7,14-15H2,1-3H3. The maximum atomic E-state index is 13.4. The van der Waals surface area contributed by atoms with Crippen LogP contribution in [0, 0.1) is 0 Å². The van der Waals surface area contributed by atoms with Gasteiger partial charge in [-0.1, -0.05) is 43.3 Å². The molecule has 4 rings (SSSR count). The summed E-state index contributed by atoms with van der Waals surface area (Å²) in [7, 11) is 0. The van der Waals surface area contributed by atoms with Gasteiger partial charge in [-0.15, -0.1) is 0 Å². The fourth-order valence-electron chi connectivity index (χ4n) is 4.03. The van der Waals surface area contributed by atoms with Gasteiger partial charge in [-0.2, -0.15) is 0 Å². The van der Waals surface area contributed by atoms with E-state index in [1.807, 2.05) is 32.0 Å². The predicted octanol–water partition coefficient (Wildman–Crippen LogP) is 4.72. The van der Waals surface area contributed by atoms with Crippen LogP contribution in [0.3, 0.4) is 0 Å². The molecule has 0 bridgehead atoms. The lowest BCUT2D eigenvalue weighted by atomic mass is 9.97. The minimum absolute atomic E-state index is 0.134. The Hall–Kier alpha value is -2.92. The van der Waals surface area contributed by atoms with Crippen LogP contribution in [0.5, 0.6) is 0 Å². The second-order valence-corrected chi connectivity index (χ2v) is 7.94. The molecule has 0 N–H and O–H groups in total. The average Bonchev–Trinajstić information content (AvgIpc) is 3.03. The average molecular weight is 405 g/mol. The summed E-state index contributed by atoms with van der Waals surface area (Å²) >= 11 is 0. The molecule has 5 heteroatoms. The molecule has 5 nitrogen and oxygen atoms in total. The molecule has 0 saturated carbocycles. The smallest absolute Gasteiger partial charge is 0.290 e. The second kappa shape index (κ2) is 8.44. The van der Waals surface area contributed by atoms with Gasteiger partial charge in [0.25, 0.3) is 5.91 Å². The molecule has 1 unspecified atom stereocenters. The third-order valence-corrected chi connectivity index (χ3v) is 5.57. The van der Waals surface area contributed by atoms with Crippen LogP contribution in [0.4, 0.5) is 0 Å². The highest BCUT2D eigenvalue weighted by Crippen LogP contribution is 2.38. The lowest BCUT2D eigenvalue weighted by Gasteiger charge is -2.25. The molecule has 3 aromatic rings. The van der Waals surface area contributed by atoms with E-state index in [4.69, 9.17) is 9.15 Å². The van der Waals surface area contributed by atoms with Gasteiger partial charge in [0.1, 0.15) is 5.58 Å². The minimum atomic E-state index is -0.446. The summed E-state index contributed by atoms with van der Waals surface area (Å²) in [5.74, 6) is -0.0741. The molecule has 2 heterocycles. The van der Waals surface area contributed by atoms with Crippen LogP contribution in [0.1, 0.15) is 60.5 Å². The van der Waals surface area contributed by atoms with Crippen molar-refractivity contribution >= 4 is 16.9 Å². The van der Waals surface area contributed by atoms with E-state index in [0.29, 0.717) is 36.1 Å². The fraction of sp³-hybridized carbons (Fsp3) is 0.360. The van der Waals surface area contributed by atoms with E-state index in [9.17, 15) is 9.59 Å². The Balaban J connectivity index is 1.78. The highest BCUT2D eigenvalue weighted by Gasteiger charge is 2.42. The first-order valence-electron chi connectivity index (χ1n) is 10.6. The van der Waals surface area contributed by atoms with Crippen LogP contribution in [0.15, 0.2) is 57.7 Å². The molecule has 0 radical (unpaired) electrons. The summed E-state index contributed by atoms with van der Waals surface area (Å²) in [5, 5.41) is 0.504. The molecular weight excluding hydrogens is 378 g/mol. The quantitative estimate of drug-likeness (QED) is 0.534. The first-order chi connectivity index (χ1) is 14.5. The van der Waals surface area contributed by atoms with Crippen LogP contribution < -0.4 is 5.43 Å². The number of ether oxygens (including phenoxy) is 1. The fourth-order valence-corrected chi connectivity index (χ4v) is 4.03. The van der Waals surface area contributed by atoms with Gasteiger partial charge in [-0.05, 0) is 49.9 Å². The maximum Gasteiger partial charge on any atom is 0.290 e. The summed E-state index contributed by atoms with van der Waals surface area (Å²) in [6.45, 7) is 7.13. The van der Waals surface area contributed by atoms with Gasteiger partial charge in [0, 0.05) is 13.2 Å². The molecule has 0 fully saturated rings. The molecule has 0 saturated heterocycles. The number of rotatable bonds is 7. The van der Waals surface area contributed by atoms with Crippen molar-refractivity contribution < 1.29 is 13.9 Å². The third kappa shape index (κ3) is 3.65. The van der Waals surface area contributed by atoms with Gasteiger partial charge < -0.3 is 14.1 Å². The number of aryl methyl sites for hydroxylation is 1. The Labute approximate surface area is 176 Å². The lowest BCUT2D eigenvalue weighted by molar-refractivity contribution is 0.0593. The van der Waals surface area contributed by atoms with Gasteiger partial charge in [0.2, 0.25) is 5.76 Å². The maximum absolute atomic E-state index is 13.4. The summed E-state index contributed by atoms with van der Waals surface area (Å²) < 4.78 is 11.6. The predicted molar refractivity (Wildman–Crippen MR) is 117 cm³/mol. The van der Waals surface area contributed by atoms with Crippen LogP contribution in [0.25, 0.3) is 11.0 Å². The minimum Gasteiger partial charge on any atom is -0.450 e. The largest absolute Gasteiger partial charge is 0.450 e. The van der Waals surface area contributed by atoms with E-state index in [1.165, 1.54) is 5.56 Å². The number of para-hydroxylation sites is 1. The van der Waals surface area contributed by atoms with Crippen LogP contribution in [-0.4, -0.2) is 30.1 Å². The van der Waals surface area contributed by atoms with E-state index in [0.717, 1.165) is 12.0 Å². The highest BCUT2D eigenvalue weighted by atomic mass is 16.5. The summed E-state index contributed by atoms with van der Waals surface area (Å²) in [6.07, 6.45) is 1.76. The van der Waals surface area contributed by atoms with E-state index >= 15 is 0 Å². The molecule has 1 aliphatic rings. The van der Waals surface area contributed by atoms with Gasteiger partial charge in [-0.3, -0.25) is 9.59 Å². The normalized spacial score (nSPS) is 15.9. The van der Waals surface area contributed by atoms with E-state index in [2.05, 4.69) is 19.1 Å². The number of carbonyl (C=O) groups excluding carboxylic acids is 1. The van der Waals surface area contributed by atoms with Gasteiger partial charge in [0.05, 0.1) is 23.1 Å². The topological polar surface area (TPSA) is 59.8 Å². The number of hydrogen-bond acceptors (Lipinski definition) is 4. The van der Waals surface area contributed by atoms with Gasteiger partial charge in [0.15, 0.2) is 5.43 Å². The Morgan fingerprint density at radius 3 is 2.50 bits per heavy atom. The molecule has 1 aliphatic heterocycles. The molecule has 0 aliphatic carbocycles. The lowest BCUT2D eigenvalue weighted by Crippen LogP contribution is -2.31. The number of hydrogen-bond donors (Lipinski definition) is 0. The molecule has 1 amide bonds. The zero-order valence-electron chi connectivity index (χ0n) is 17.7. The van der Waals surface area contributed by atoms with Gasteiger partial charge in [-0.25, -0.2) is 0 Å². The van der Waals surface area contributed by atoms with Crippen LogP contribution in [-0.2, 0) is 11.2 Å². The Kier molecular flexibility index (Phi) is 5.73. The number of amides is 1. The number of fused-ring (bicyclic) bond motifs is 2. The SMILES string of the molecule is CCc1ccc(C2c3c(oc4ccccc4c3=O)C(=O)N2CCCOC(C)C)cc1. The zero-order valence-corrected chi connectivity index (χ0v) is 17.7. The summed E-state index contributed by atoms with van der Waals surface area (Å²) in [4.78, 5) is 28.4. The van der Waals surface area contributed by atoms with Crippen molar-refractivity contribution in [1.29, 1.82) is 0 Å². The highest BCUT2D eigenvalue weighted by molar-refractivity contribution is 5.99. The molecule has 1 aromatic heterocycles. The summed E-state index contributed by atoms with van der Waals surface area (Å²) in [6, 6.07) is 14.8. The van der Waals surface area contributed by atoms with Crippen molar-refractivity contribution in [3.05, 3.63) is 81.2 Å². The van der Waals surface area contributed by atoms with Crippen LogP contribution >= 0.6 is 0 Å². The molecule has 1 atom stereocenters. The number of benzene rings is 2. The molecule has 0 spiro atoms. The first kappa shape index (κ1) is 20.4. The van der Waals surface area contributed by atoms with Crippen molar-refractivity contribution in [2.45, 2.75) is 45.8 Å². The Morgan fingerprint density at radius 2 is 1.80 bits per heavy atom. The monoisotopic (exact) mass is 405 g/mol. The van der Waals surface area contributed by atoms with E-state index in [1.54, 1.807) is 23.1 Å². The van der Waals surface area contributed by atoms with Crippen molar-refractivity contribution in [3.63, 3.8) is 0 Å². The molecule has 156 valence electrons. The van der Waals surface area contributed by atoms with E-state index in [-0.39, 0.29) is 23.2 Å². The Morgan fingerprint density at radius 1 is 1.07 bits per heavy atom. The third-order valence-electron chi connectivity index (χ3n) is 5.57. The van der Waals surface area contributed by atoms with E-state index < -0.39 is 6.04 Å². The molecule has 30 heavy (non-hydrogen) atoms. The summed E-state index contributed by atoms with van der Waals surface area (Å²) in [5.41, 5.74) is 2.88. The first-order valence-corrected chi connectivity index (χ1v) is 10.6. The number of carbonyl (C=O) groups is 1. The Bertz CT molecular complexity index is 1110.